The molecule has 0 aliphatic rings. The molecule has 0 amide bonds. The lowest BCUT2D eigenvalue weighted by atomic mass is 10.1. The number of sulfone groups is 1. The summed E-state index contributed by atoms with van der Waals surface area (Å²) in [5.41, 5.74) is 5.42. The van der Waals surface area contributed by atoms with Crippen LogP contribution in [0.25, 0.3) is 0 Å². The van der Waals surface area contributed by atoms with E-state index in [0.717, 1.165) is 6.26 Å². The Morgan fingerprint density at radius 1 is 1.50 bits per heavy atom. The molecule has 0 aliphatic carbocycles. The molecule has 0 aliphatic heterocycles. The van der Waals surface area contributed by atoms with Crippen LogP contribution >= 0.6 is 0 Å². The molecule has 0 spiro atoms. The van der Waals surface area contributed by atoms with Gasteiger partial charge in [-0.15, -0.1) is 0 Å². The van der Waals surface area contributed by atoms with Crippen LogP contribution in [0.15, 0.2) is 0 Å². The first kappa shape index (κ1) is 11.6. The number of carbonyl (C=O) groups excluding carboxylic acids is 1. The molecule has 0 saturated heterocycles. The molecule has 0 heterocycles. The minimum Gasteiger partial charge on any atom is -0.321 e. The molecule has 1 unspecified atom stereocenters. The minimum absolute atomic E-state index is 0.0140. The second kappa shape index (κ2) is 4.57. The van der Waals surface area contributed by atoms with Crippen molar-refractivity contribution in [2.24, 2.45) is 5.73 Å². The lowest BCUT2D eigenvalue weighted by Gasteiger charge is -2.07. The number of Topliss-reactive ketones (excluding diaryl/α,β-unsaturated/α-hetero) is 1. The van der Waals surface area contributed by atoms with Crippen molar-refractivity contribution in [2.45, 2.75) is 25.8 Å². The molecule has 0 bridgehead atoms. The van der Waals surface area contributed by atoms with Crippen LogP contribution in [0.2, 0.25) is 0 Å². The zero-order chi connectivity index (χ0) is 9.78. The van der Waals surface area contributed by atoms with Gasteiger partial charge in [0.25, 0.3) is 0 Å². The number of carbonyl (C=O) groups is 1. The summed E-state index contributed by atoms with van der Waals surface area (Å²) in [7, 11) is -2.99. The number of ketones is 1. The molecule has 0 saturated carbocycles. The van der Waals surface area contributed by atoms with Gasteiger partial charge in [0.15, 0.2) is 0 Å². The highest BCUT2D eigenvalue weighted by Crippen LogP contribution is 1.97. The van der Waals surface area contributed by atoms with Crippen LogP contribution in [-0.4, -0.2) is 32.3 Å². The van der Waals surface area contributed by atoms with Crippen molar-refractivity contribution in [1.82, 2.24) is 0 Å². The molecule has 2 N–H and O–H groups in total. The van der Waals surface area contributed by atoms with E-state index < -0.39 is 15.9 Å². The third kappa shape index (κ3) is 5.26. The van der Waals surface area contributed by atoms with E-state index in [9.17, 15) is 13.2 Å². The van der Waals surface area contributed by atoms with E-state index in [2.05, 4.69) is 0 Å². The van der Waals surface area contributed by atoms with Crippen molar-refractivity contribution in [2.75, 3.05) is 12.0 Å². The zero-order valence-corrected chi connectivity index (χ0v) is 8.23. The zero-order valence-electron chi connectivity index (χ0n) is 7.41. The molecular weight excluding hydrogens is 178 g/mol. The van der Waals surface area contributed by atoms with Gasteiger partial charge in [-0.25, -0.2) is 8.42 Å². The Morgan fingerprint density at radius 3 is 2.33 bits per heavy atom. The van der Waals surface area contributed by atoms with Crippen molar-refractivity contribution in [1.29, 1.82) is 0 Å². The normalized spacial score (nSPS) is 14.2. The van der Waals surface area contributed by atoms with Crippen molar-refractivity contribution in [3.8, 4) is 0 Å². The van der Waals surface area contributed by atoms with E-state index >= 15 is 0 Å². The Labute approximate surface area is 73.1 Å². The first-order valence-corrected chi connectivity index (χ1v) is 5.89. The summed E-state index contributed by atoms with van der Waals surface area (Å²) < 4.78 is 21.4. The van der Waals surface area contributed by atoms with Crippen LogP contribution in [0.4, 0.5) is 0 Å². The predicted octanol–water partition coefficient (Wildman–Crippen LogP) is -0.272. The molecule has 0 fully saturated rings. The summed E-state index contributed by atoms with van der Waals surface area (Å²) in [4.78, 5) is 10.9. The highest BCUT2D eigenvalue weighted by molar-refractivity contribution is 7.90. The summed E-state index contributed by atoms with van der Waals surface area (Å²) in [6.07, 6.45) is 1.73. The Balaban J connectivity index is 3.88. The van der Waals surface area contributed by atoms with Crippen LogP contribution < -0.4 is 5.73 Å². The highest BCUT2D eigenvalue weighted by atomic mass is 32.2. The fourth-order valence-electron chi connectivity index (χ4n) is 0.764. The van der Waals surface area contributed by atoms with Gasteiger partial charge in [0.05, 0.1) is 11.8 Å². The Morgan fingerprint density at radius 2 is 2.00 bits per heavy atom. The van der Waals surface area contributed by atoms with Gasteiger partial charge in [0.1, 0.15) is 15.6 Å². The van der Waals surface area contributed by atoms with Crippen molar-refractivity contribution < 1.29 is 13.2 Å². The van der Waals surface area contributed by atoms with Gasteiger partial charge in [-0.05, 0) is 6.42 Å². The Hall–Kier alpha value is -0.420. The van der Waals surface area contributed by atoms with Crippen molar-refractivity contribution in [3.05, 3.63) is 0 Å². The average molecular weight is 193 g/mol. The van der Waals surface area contributed by atoms with E-state index in [-0.39, 0.29) is 18.0 Å². The van der Waals surface area contributed by atoms with Gasteiger partial charge in [0, 0.05) is 12.7 Å². The van der Waals surface area contributed by atoms with E-state index in [0.29, 0.717) is 6.42 Å². The predicted molar refractivity (Wildman–Crippen MR) is 47.6 cm³/mol. The third-order valence-corrected chi connectivity index (χ3v) is 2.54. The standard InChI is InChI=1S/C7H15NO3S/c1-3-7(9)6(8)4-5-12(2,10)11/h6H,3-5,8H2,1-2H3. The second-order valence-corrected chi connectivity index (χ2v) is 5.10. The van der Waals surface area contributed by atoms with Gasteiger partial charge in [-0.1, -0.05) is 6.92 Å². The van der Waals surface area contributed by atoms with Gasteiger partial charge in [-0.3, -0.25) is 4.79 Å². The minimum atomic E-state index is -2.99. The first-order chi connectivity index (χ1) is 5.37. The van der Waals surface area contributed by atoms with E-state index in [1.807, 2.05) is 0 Å². The Bertz CT molecular complexity index is 245. The van der Waals surface area contributed by atoms with Crippen LogP contribution in [-0.2, 0) is 14.6 Å². The van der Waals surface area contributed by atoms with Crippen molar-refractivity contribution >= 4 is 15.6 Å². The third-order valence-electron chi connectivity index (χ3n) is 1.56. The van der Waals surface area contributed by atoms with E-state index in [4.69, 9.17) is 5.73 Å². The van der Waals surface area contributed by atoms with Gasteiger partial charge in [-0.2, -0.15) is 0 Å². The summed E-state index contributed by atoms with van der Waals surface area (Å²) >= 11 is 0. The lowest BCUT2D eigenvalue weighted by Crippen LogP contribution is -2.31. The smallest absolute Gasteiger partial charge is 0.149 e. The molecular formula is C7H15NO3S. The first-order valence-electron chi connectivity index (χ1n) is 3.83. The summed E-state index contributed by atoms with van der Waals surface area (Å²) in [6.45, 7) is 1.71. The molecule has 12 heavy (non-hydrogen) atoms. The highest BCUT2D eigenvalue weighted by Gasteiger charge is 2.13. The maximum atomic E-state index is 10.9. The molecule has 1 atom stereocenters. The molecule has 0 radical (unpaired) electrons. The SMILES string of the molecule is CCC(=O)C(N)CCS(C)(=O)=O. The molecule has 5 heteroatoms. The fraction of sp³-hybridized carbons (Fsp3) is 0.857. The average Bonchev–Trinajstić information content (AvgIpc) is 1.97. The molecule has 4 nitrogen and oxygen atoms in total. The largest absolute Gasteiger partial charge is 0.321 e. The van der Waals surface area contributed by atoms with E-state index in [1.165, 1.54) is 0 Å². The molecule has 0 aromatic rings. The molecule has 0 aromatic carbocycles. The van der Waals surface area contributed by atoms with Crippen LogP contribution in [0.1, 0.15) is 19.8 Å². The van der Waals surface area contributed by atoms with Gasteiger partial charge >= 0.3 is 0 Å². The van der Waals surface area contributed by atoms with Crippen LogP contribution in [0, 0.1) is 0 Å². The molecule has 0 aromatic heterocycles. The fourth-order valence-corrected chi connectivity index (χ4v) is 1.45. The number of rotatable bonds is 5. The summed E-state index contributed by atoms with van der Waals surface area (Å²) in [5, 5.41) is 0. The molecule has 0 rings (SSSR count). The number of nitrogens with two attached hydrogens (primary N) is 1. The summed E-state index contributed by atoms with van der Waals surface area (Å²) in [5.74, 6) is -0.0986. The quantitative estimate of drug-likeness (QED) is 0.652. The lowest BCUT2D eigenvalue weighted by molar-refractivity contribution is -0.120. The number of hydrogen-bond acceptors (Lipinski definition) is 4. The Kier molecular flexibility index (Phi) is 4.41. The van der Waals surface area contributed by atoms with Crippen LogP contribution in [0.5, 0.6) is 0 Å². The van der Waals surface area contributed by atoms with Crippen LogP contribution in [0.3, 0.4) is 0 Å². The second-order valence-electron chi connectivity index (χ2n) is 2.84. The monoisotopic (exact) mass is 193 g/mol. The maximum Gasteiger partial charge on any atom is 0.149 e. The number of hydrogen-bond donors (Lipinski definition) is 1. The van der Waals surface area contributed by atoms with Gasteiger partial charge in [0.2, 0.25) is 0 Å². The van der Waals surface area contributed by atoms with Gasteiger partial charge < -0.3 is 5.73 Å². The maximum absolute atomic E-state index is 10.9. The molecule has 72 valence electrons. The van der Waals surface area contributed by atoms with E-state index in [1.54, 1.807) is 6.92 Å². The van der Waals surface area contributed by atoms with Crippen molar-refractivity contribution in [3.63, 3.8) is 0 Å². The topological polar surface area (TPSA) is 77.2 Å². The summed E-state index contributed by atoms with van der Waals surface area (Å²) in [6, 6.07) is -0.621.